The predicted octanol–water partition coefficient (Wildman–Crippen LogP) is 6.14. The molecule has 1 atom stereocenters. The fraction of sp³-hybridized carbons (Fsp3) is 0.778. The Morgan fingerprint density at radius 1 is 0.889 bits per heavy atom. The third-order valence-corrected chi connectivity index (χ3v) is 4.22. The first kappa shape index (κ1) is 15.5. The molecule has 0 saturated heterocycles. The molecule has 1 rings (SSSR count). The van der Waals surface area contributed by atoms with Crippen LogP contribution in [-0.4, -0.2) is 0 Å². The number of rotatable bonds is 8. The van der Waals surface area contributed by atoms with E-state index in [9.17, 15) is 0 Å². The van der Waals surface area contributed by atoms with Crippen LogP contribution in [-0.2, 0) is 0 Å². The molecule has 1 aliphatic carbocycles. The van der Waals surface area contributed by atoms with Crippen molar-refractivity contribution in [3.63, 3.8) is 0 Å². The van der Waals surface area contributed by atoms with E-state index >= 15 is 0 Å². The summed E-state index contributed by atoms with van der Waals surface area (Å²) < 4.78 is 0. The highest BCUT2D eigenvalue weighted by Gasteiger charge is 2.29. The molecule has 0 aliphatic heterocycles. The van der Waals surface area contributed by atoms with Crippen molar-refractivity contribution in [1.29, 1.82) is 0 Å². The highest BCUT2D eigenvalue weighted by molar-refractivity contribution is 5.19. The molecule has 0 heteroatoms. The van der Waals surface area contributed by atoms with Gasteiger partial charge in [-0.1, -0.05) is 90.5 Å². The van der Waals surface area contributed by atoms with Gasteiger partial charge in [-0.15, -0.1) is 0 Å². The van der Waals surface area contributed by atoms with Gasteiger partial charge in [0, 0.05) is 0 Å². The summed E-state index contributed by atoms with van der Waals surface area (Å²) in [4.78, 5) is 0. The molecule has 0 saturated carbocycles. The second-order valence-electron chi connectivity index (χ2n) is 6.88. The minimum Gasteiger partial charge on any atom is -0.0773 e. The molecule has 0 nitrogen and oxygen atoms in total. The molecular weight excluding hydrogens is 216 g/mol. The predicted molar refractivity (Wildman–Crippen MR) is 82.7 cm³/mol. The number of hydrogen-bond donors (Lipinski definition) is 0. The third-order valence-electron chi connectivity index (χ3n) is 4.22. The Hall–Kier alpha value is -0.520. The molecule has 0 fully saturated rings. The van der Waals surface area contributed by atoms with Crippen LogP contribution in [0.3, 0.4) is 0 Å². The second kappa shape index (κ2) is 7.81. The van der Waals surface area contributed by atoms with Crippen LogP contribution in [0.5, 0.6) is 0 Å². The zero-order valence-corrected chi connectivity index (χ0v) is 12.9. The van der Waals surface area contributed by atoms with Crippen molar-refractivity contribution in [2.45, 2.75) is 72.6 Å². The molecule has 0 N–H and O–H groups in total. The van der Waals surface area contributed by atoms with Gasteiger partial charge < -0.3 is 0 Å². The fourth-order valence-electron chi connectivity index (χ4n) is 3.06. The molecule has 0 bridgehead atoms. The summed E-state index contributed by atoms with van der Waals surface area (Å²) in [6.07, 6.45) is 19.0. The highest BCUT2D eigenvalue weighted by Crippen LogP contribution is 2.38. The molecule has 0 aromatic carbocycles. The van der Waals surface area contributed by atoms with Gasteiger partial charge in [0.1, 0.15) is 0 Å². The Labute approximate surface area is 115 Å². The van der Waals surface area contributed by atoms with E-state index in [4.69, 9.17) is 0 Å². The van der Waals surface area contributed by atoms with Crippen molar-refractivity contribution < 1.29 is 0 Å². The van der Waals surface area contributed by atoms with Crippen LogP contribution in [0.25, 0.3) is 0 Å². The first-order valence-electron chi connectivity index (χ1n) is 7.90. The Kier molecular flexibility index (Phi) is 6.75. The molecule has 1 unspecified atom stereocenters. The molecule has 0 aromatic rings. The average Bonchev–Trinajstić information content (AvgIpc) is 2.79. The highest BCUT2D eigenvalue weighted by atomic mass is 14.3. The van der Waals surface area contributed by atoms with Crippen molar-refractivity contribution in [1.82, 2.24) is 0 Å². The summed E-state index contributed by atoms with van der Waals surface area (Å²) in [7, 11) is 0. The van der Waals surface area contributed by atoms with Crippen LogP contribution in [0.15, 0.2) is 24.3 Å². The molecule has 104 valence electrons. The quantitative estimate of drug-likeness (QED) is 0.452. The second-order valence-corrected chi connectivity index (χ2v) is 6.88. The lowest BCUT2D eigenvalue weighted by molar-refractivity contribution is 0.189. The van der Waals surface area contributed by atoms with E-state index in [1.165, 1.54) is 44.9 Å². The molecule has 0 amide bonds. The normalized spacial score (nSPS) is 17.6. The van der Waals surface area contributed by atoms with Crippen molar-refractivity contribution in [2.75, 3.05) is 0 Å². The SMILES string of the molecule is CCCCCCCCC(C1C=CC=C1)C(C)(C)C. The average molecular weight is 248 g/mol. The van der Waals surface area contributed by atoms with Crippen LogP contribution < -0.4 is 0 Å². The van der Waals surface area contributed by atoms with E-state index in [2.05, 4.69) is 52.0 Å². The van der Waals surface area contributed by atoms with Gasteiger partial charge in [0.05, 0.1) is 0 Å². The smallest absolute Gasteiger partial charge is 0.00140 e. The Morgan fingerprint density at radius 3 is 2.00 bits per heavy atom. The Balaban J connectivity index is 2.29. The Bertz CT molecular complexity index is 252. The van der Waals surface area contributed by atoms with Crippen molar-refractivity contribution in [3.8, 4) is 0 Å². The van der Waals surface area contributed by atoms with E-state index < -0.39 is 0 Å². The van der Waals surface area contributed by atoms with E-state index in [-0.39, 0.29) is 0 Å². The first-order valence-corrected chi connectivity index (χ1v) is 7.90. The van der Waals surface area contributed by atoms with Gasteiger partial charge in [-0.2, -0.15) is 0 Å². The van der Waals surface area contributed by atoms with Gasteiger partial charge in [-0.3, -0.25) is 0 Å². The van der Waals surface area contributed by atoms with Gasteiger partial charge in [0.15, 0.2) is 0 Å². The first-order chi connectivity index (χ1) is 8.55. The van der Waals surface area contributed by atoms with E-state index in [1.54, 1.807) is 0 Å². The zero-order valence-electron chi connectivity index (χ0n) is 12.9. The third kappa shape index (κ3) is 5.42. The van der Waals surface area contributed by atoms with Gasteiger partial charge in [-0.05, 0) is 23.7 Å². The van der Waals surface area contributed by atoms with E-state index in [1.807, 2.05) is 0 Å². The minimum absolute atomic E-state index is 0.424. The number of unbranched alkanes of at least 4 members (excludes halogenated alkanes) is 5. The summed E-state index contributed by atoms with van der Waals surface area (Å²) in [5.74, 6) is 1.49. The lowest BCUT2D eigenvalue weighted by Gasteiger charge is -2.34. The summed E-state index contributed by atoms with van der Waals surface area (Å²) in [6.45, 7) is 9.48. The molecular formula is C18H32. The maximum Gasteiger partial charge on any atom is -0.00140 e. The summed E-state index contributed by atoms with van der Waals surface area (Å²) in [5.41, 5.74) is 0.424. The molecule has 18 heavy (non-hydrogen) atoms. The zero-order chi connectivity index (χ0) is 13.4. The maximum atomic E-state index is 2.40. The van der Waals surface area contributed by atoms with Crippen LogP contribution >= 0.6 is 0 Å². The van der Waals surface area contributed by atoms with Gasteiger partial charge in [0.2, 0.25) is 0 Å². The molecule has 0 radical (unpaired) electrons. The molecule has 1 aliphatic rings. The number of allylic oxidation sites excluding steroid dienone is 4. The largest absolute Gasteiger partial charge is 0.0773 e. The molecule has 0 spiro atoms. The van der Waals surface area contributed by atoms with Crippen molar-refractivity contribution >= 4 is 0 Å². The van der Waals surface area contributed by atoms with Gasteiger partial charge in [-0.25, -0.2) is 0 Å². The van der Waals surface area contributed by atoms with E-state index in [0.717, 1.165) is 5.92 Å². The van der Waals surface area contributed by atoms with Crippen LogP contribution in [0, 0.1) is 17.3 Å². The summed E-state index contributed by atoms with van der Waals surface area (Å²) in [6, 6.07) is 0. The fourth-order valence-corrected chi connectivity index (χ4v) is 3.06. The molecule has 0 aromatic heterocycles. The van der Waals surface area contributed by atoms with Crippen molar-refractivity contribution in [3.05, 3.63) is 24.3 Å². The van der Waals surface area contributed by atoms with Crippen LogP contribution in [0.2, 0.25) is 0 Å². The molecule has 0 heterocycles. The van der Waals surface area contributed by atoms with Crippen LogP contribution in [0.4, 0.5) is 0 Å². The van der Waals surface area contributed by atoms with Crippen LogP contribution in [0.1, 0.15) is 72.6 Å². The summed E-state index contributed by atoms with van der Waals surface area (Å²) >= 11 is 0. The Morgan fingerprint density at radius 2 is 1.44 bits per heavy atom. The standard InChI is InChI=1S/C18H32/c1-5-6-7-8-9-10-15-17(18(2,3)4)16-13-11-12-14-16/h11-14,16-17H,5-10,15H2,1-4H3. The summed E-state index contributed by atoms with van der Waals surface area (Å²) in [5, 5.41) is 0. The van der Waals surface area contributed by atoms with E-state index in [0.29, 0.717) is 11.3 Å². The topological polar surface area (TPSA) is 0 Å². The number of hydrogen-bond acceptors (Lipinski definition) is 0. The van der Waals surface area contributed by atoms with Crippen molar-refractivity contribution in [2.24, 2.45) is 17.3 Å². The lowest BCUT2D eigenvalue weighted by Crippen LogP contribution is -2.26. The lowest BCUT2D eigenvalue weighted by atomic mass is 9.71. The maximum absolute atomic E-state index is 2.40. The van der Waals surface area contributed by atoms with Gasteiger partial charge in [0.25, 0.3) is 0 Å². The van der Waals surface area contributed by atoms with Gasteiger partial charge >= 0.3 is 0 Å². The minimum atomic E-state index is 0.424. The monoisotopic (exact) mass is 248 g/mol.